The fourth-order valence-corrected chi connectivity index (χ4v) is 2.69. The summed E-state index contributed by atoms with van der Waals surface area (Å²) in [7, 11) is 0. The molecule has 2 rings (SSSR count). The first-order valence-electron chi connectivity index (χ1n) is 6.77. The van der Waals surface area contributed by atoms with Crippen molar-refractivity contribution in [2.24, 2.45) is 0 Å². The summed E-state index contributed by atoms with van der Waals surface area (Å²) in [6.07, 6.45) is 1.60. The predicted octanol–water partition coefficient (Wildman–Crippen LogP) is 4.71. The monoisotopic (exact) mass is 292 g/mol. The number of hydrogen-bond acceptors (Lipinski definition) is 1. The molecular weight excluding hydrogens is 275 g/mol. The molecule has 0 fully saturated rings. The zero-order valence-corrected chi connectivity index (χ0v) is 12.2. The Kier molecular flexibility index (Phi) is 4.79. The van der Waals surface area contributed by atoms with E-state index in [9.17, 15) is 9.50 Å². The van der Waals surface area contributed by atoms with E-state index in [4.69, 9.17) is 11.6 Å². The highest BCUT2D eigenvalue weighted by Crippen LogP contribution is 2.32. The van der Waals surface area contributed by atoms with Crippen LogP contribution in [0.4, 0.5) is 4.39 Å². The van der Waals surface area contributed by atoms with Gasteiger partial charge in [0.05, 0.1) is 10.6 Å². The fraction of sp³-hybridized carbons (Fsp3) is 0.294. The van der Waals surface area contributed by atoms with Crippen LogP contribution in [0.3, 0.4) is 0 Å². The van der Waals surface area contributed by atoms with Crippen molar-refractivity contribution in [1.29, 1.82) is 0 Å². The van der Waals surface area contributed by atoms with E-state index in [1.165, 1.54) is 6.07 Å². The minimum absolute atomic E-state index is 0.0920. The molecule has 0 bridgehead atoms. The van der Waals surface area contributed by atoms with Gasteiger partial charge < -0.3 is 5.11 Å². The van der Waals surface area contributed by atoms with Crippen LogP contribution in [-0.2, 0) is 12.0 Å². The van der Waals surface area contributed by atoms with Gasteiger partial charge in [0.1, 0.15) is 5.82 Å². The second-order valence-corrected chi connectivity index (χ2v) is 5.44. The smallest absolute Gasteiger partial charge is 0.145 e. The summed E-state index contributed by atoms with van der Waals surface area (Å²) in [6, 6.07) is 14.3. The number of aliphatic hydroxyl groups is 1. The molecule has 0 heterocycles. The van der Waals surface area contributed by atoms with Gasteiger partial charge in [0.15, 0.2) is 0 Å². The molecule has 0 aliphatic carbocycles. The van der Waals surface area contributed by atoms with E-state index in [0.717, 1.165) is 12.0 Å². The Hall–Kier alpha value is -1.38. The average Bonchev–Trinajstić information content (AvgIpc) is 2.45. The van der Waals surface area contributed by atoms with Gasteiger partial charge in [0, 0.05) is 6.42 Å². The average molecular weight is 293 g/mol. The first-order valence-corrected chi connectivity index (χ1v) is 7.15. The molecular formula is C17H18ClFO. The van der Waals surface area contributed by atoms with Crippen LogP contribution in [0.2, 0.25) is 5.02 Å². The van der Waals surface area contributed by atoms with Gasteiger partial charge in [-0.05, 0) is 23.6 Å². The number of hydrogen-bond donors (Lipinski definition) is 1. The summed E-state index contributed by atoms with van der Waals surface area (Å²) in [5.41, 5.74) is 0.181. The van der Waals surface area contributed by atoms with Crippen LogP contribution in [0, 0.1) is 5.82 Å². The Labute approximate surface area is 124 Å². The summed E-state index contributed by atoms with van der Waals surface area (Å²) in [5.74, 6) is -0.445. The largest absolute Gasteiger partial charge is 0.385 e. The zero-order chi connectivity index (χ0) is 14.6. The van der Waals surface area contributed by atoms with Crippen molar-refractivity contribution in [3.63, 3.8) is 0 Å². The van der Waals surface area contributed by atoms with E-state index in [1.807, 2.05) is 37.3 Å². The molecule has 0 aliphatic rings. The van der Waals surface area contributed by atoms with Gasteiger partial charge >= 0.3 is 0 Å². The number of halogens is 2. The lowest BCUT2D eigenvalue weighted by molar-refractivity contribution is 0.0261. The Morgan fingerprint density at radius 2 is 1.80 bits per heavy atom. The van der Waals surface area contributed by atoms with Gasteiger partial charge in [-0.15, -0.1) is 0 Å². The Balaban J connectivity index is 2.37. The van der Waals surface area contributed by atoms with Crippen molar-refractivity contribution in [1.82, 2.24) is 0 Å². The van der Waals surface area contributed by atoms with Gasteiger partial charge in [0.25, 0.3) is 0 Å². The molecule has 0 aromatic heterocycles. The Morgan fingerprint density at radius 3 is 2.45 bits per heavy atom. The van der Waals surface area contributed by atoms with Crippen LogP contribution in [0.1, 0.15) is 30.9 Å². The second kappa shape index (κ2) is 6.38. The zero-order valence-electron chi connectivity index (χ0n) is 11.4. The molecule has 0 saturated carbocycles. The van der Waals surface area contributed by atoms with E-state index in [-0.39, 0.29) is 11.4 Å². The molecule has 1 nitrogen and oxygen atoms in total. The van der Waals surface area contributed by atoms with Crippen LogP contribution in [0.5, 0.6) is 0 Å². The SMILES string of the molecule is CCCC(O)(Cc1cccc(Cl)c1F)c1ccccc1. The standard InChI is InChI=1S/C17H18ClFO/c1-2-11-17(20,14-8-4-3-5-9-14)12-13-7-6-10-15(18)16(13)19/h3-10,20H,2,11-12H2,1H3. The molecule has 0 aliphatic heterocycles. The molecule has 1 N–H and O–H groups in total. The highest BCUT2D eigenvalue weighted by molar-refractivity contribution is 6.30. The van der Waals surface area contributed by atoms with Crippen LogP contribution in [0.15, 0.2) is 48.5 Å². The number of rotatable bonds is 5. The summed E-state index contributed by atoms with van der Waals surface area (Å²) < 4.78 is 14.0. The van der Waals surface area contributed by atoms with E-state index < -0.39 is 11.4 Å². The summed E-state index contributed by atoms with van der Waals surface area (Å²) in [5, 5.41) is 11.0. The van der Waals surface area contributed by atoms with E-state index in [0.29, 0.717) is 12.0 Å². The van der Waals surface area contributed by atoms with Crippen molar-refractivity contribution >= 4 is 11.6 Å². The third kappa shape index (κ3) is 3.20. The van der Waals surface area contributed by atoms with Crippen molar-refractivity contribution in [2.75, 3.05) is 0 Å². The molecule has 20 heavy (non-hydrogen) atoms. The minimum atomic E-state index is -1.07. The lowest BCUT2D eigenvalue weighted by atomic mass is 9.83. The molecule has 0 radical (unpaired) electrons. The second-order valence-electron chi connectivity index (χ2n) is 5.04. The van der Waals surface area contributed by atoms with Crippen LogP contribution >= 0.6 is 11.6 Å². The third-order valence-electron chi connectivity index (χ3n) is 3.49. The van der Waals surface area contributed by atoms with Crippen LogP contribution in [-0.4, -0.2) is 5.11 Å². The maximum absolute atomic E-state index is 14.0. The molecule has 2 aromatic rings. The Bertz CT molecular complexity index is 570. The lowest BCUT2D eigenvalue weighted by Crippen LogP contribution is -2.28. The highest BCUT2D eigenvalue weighted by Gasteiger charge is 2.29. The van der Waals surface area contributed by atoms with Crippen molar-refractivity contribution in [3.8, 4) is 0 Å². The first-order chi connectivity index (χ1) is 9.57. The lowest BCUT2D eigenvalue weighted by Gasteiger charge is -2.29. The van der Waals surface area contributed by atoms with Crippen molar-refractivity contribution in [3.05, 3.63) is 70.5 Å². The predicted molar refractivity (Wildman–Crippen MR) is 80.4 cm³/mol. The summed E-state index contributed by atoms with van der Waals surface area (Å²) in [4.78, 5) is 0. The van der Waals surface area contributed by atoms with Crippen LogP contribution in [0.25, 0.3) is 0 Å². The topological polar surface area (TPSA) is 20.2 Å². The maximum Gasteiger partial charge on any atom is 0.145 e. The Morgan fingerprint density at radius 1 is 1.10 bits per heavy atom. The molecule has 106 valence electrons. The van der Waals surface area contributed by atoms with Gasteiger partial charge in [-0.2, -0.15) is 0 Å². The van der Waals surface area contributed by atoms with Crippen molar-refractivity contribution in [2.45, 2.75) is 31.8 Å². The normalized spacial score (nSPS) is 14.0. The van der Waals surface area contributed by atoms with Gasteiger partial charge in [-0.25, -0.2) is 4.39 Å². The molecule has 0 saturated heterocycles. The van der Waals surface area contributed by atoms with Gasteiger partial charge in [-0.3, -0.25) is 0 Å². The fourth-order valence-electron chi connectivity index (χ4n) is 2.50. The van der Waals surface area contributed by atoms with E-state index >= 15 is 0 Å². The van der Waals surface area contributed by atoms with E-state index in [2.05, 4.69) is 0 Å². The summed E-state index contributed by atoms with van der Waals surface area (Å²) in [6.45, 7) is 2.00. The van der Waals surface area contributed by atoms with E-state index in [1.54, 1.807) is 12.1 Å². The molecule has 0 spiro atoms. The van der Waals surface area contributed by atoms with Crippen LogP contribution < -0.4 is 0 Å². The molecule has 3 heteroatoms. The van der Waals surface area contributed by atoms with Crippen molar-refractivity contribution < 1.29 is 9.50 Å². The quantitative estimate of drug-likeness (QED) is 0.846. The number of benzene rings is 2. The minimum Gasteiger partial charge on any atom is -0.385 e. The first kappa shape index (κ1) is 15.0. The summed E-state index contributed by atoms with van der Waals surface area (Å²) >= 11 is 5.81. The maximum atomic E-state index is 14.0. The third-order valence-corrected chi connectivity index (χ3v) is 3.78. The van der Waals surface area contributed by atoms with Gasteiger partial charge in [-0.1, -0.05) is 67.4 Å². The molecule has 2 aromatic carbocycles. The molecule has 1 unspecified atom stereocenters. The molecule has 1 atom stereocenters. The highest BCUT2D eigenvalue weighted by atomic mass is 35.5. The molecule has 0 amide bonds. The van der Waals surface area contributed by atoms with Gasteiger partial charge in [0.2, 0.25) is 0 Å².